The average Bonchev–Trinajstić information content (AvgIpc) is 2.91. The molecule has 0 N–H and O–H groups in total. The van der Waals surface area contributed by atoms with Gasteiger partial charge in [0.15, 0.2) is 0 Å². The lowest BCUT2D eigenvalue weighted by Crippen LogP contribution is -1.88. The summed E-state index contributed by atoms with van der Waals surface area (Å²) >= 11 is 0. The van der Waals surface area contributed by atoms with E-state index in [4.69, 9.17) is 9.15 Å². The largest absolute Gasteiger partial charge is 0.466 e. The lowest BCUT2D eigenvalue weighted by molar-refractivity contribution is 0.118. The molecule has 0 saturated heterocycles. The summed E-state index contributed by atoms with van der Waals surface area (Å²) in [6.07, 6.45) is 3.43. The predicted molar refractivity (Wildman–Crippen MR) is 71.3 cm³/mol. The zero-order chi connectivity index (χ0) is 13.5. The molecule has 95 valence electrons. The molecule has 2 aromatic rings. The quantitative estimate of drug-likeness (QED) is 0.786. The number of hydrogen-bond donors (Lipinski definition) is 0. The molecule has 0 saturated carbocycles. The summed E-state index contributed by atoms with van der Waals surface area (Å²) in [5.74, 6) is 6.76. The van der Waals surface area contributed by atoms with Crippen molar-refractivity contribution in [2.24, 2.45) is 0 Å². The number of ether oxygens (including phenoxy) is 1. The normalized spacial score (nSPS) is 9.74. The monoisotopic (exact) mass is 253 g/mol. The molecule has 1 radical (unpaired) electrons. The molecule has 3 heteroatoms. The highest BCUT2D eigenvalue weighted by Crippen LogP contribution is 2.08. The molecule has 0 bridgehead atoms. The zero-order valence-electron chi connectivity index (χ0n) is 10.6. The van der Waals surface area contributed by atoms with Gasteiger partial charge in [-0.3, -0.25) is 4.79 Å². The third-order valence-electron chi connectivity index (χ3n) is 2.46. The zero-order valence-corrected chi connectivity index (χ0v) is 10.6. The Morgan fingerprint density at radius 2 is 1.79 bits per heavy atom. The van der Waals surface area contributed by atoms with Gasteiger partial charge in [-0.05, 0) is 37.3 Å². The Bertz CT molecular complexity index is 597. The Hall–Kier alpha value is -2.31. The van der Waals surface area contributed by atoms with E-state index in [1.54, 1.807) is 30.5 Å². The molecule has 0 spiro atoms. The third kappa shape index (κ3) is 3.84. The lowest BCUT2D eigenvalue weighted by Gasteiger charge is -1.94. The second-order valence-corrected chi connectivity index (χ2v) is 3.87. The number of rotatable bonds is 4. The van der Waals surface area contributed by atoms with Gasteiger partial charge in [0.2, 0.25) is 6.29 Å². The maximum absolute atomic E-state index is 10.4. The van der Waals surface area contributed by atoms with E-state index >= 15 is 0 Å². The van der Waals surface area contributed by atoms with Crippen molar-refractivity contribution in [1.29, 1.82) is 0 Å². The standard InChI is InChI=1S/C16H13O3/c1-2-18-12-16-9-15(11-19-16)8-5-13-3-6-14(10-17)7-4-13/h3-4,6-7,9,11H,2,12H2,1H3. The molecular weight excluding hydrogens is 240 g/mol. The van der Waals surface area contributed by atoms with E-state index in [1.807, 2.05) is 19.3 Å². The molecule has 0 aliphatic heterocycles. The Labute approximate surface area is 112 Å². The van der Waals surface area contributed by atoms with Crippen LogP contribution in [-0.4, -0.2) is 12.9 Å². The number of hydrogen-bond acceptors (Lipinski definition) is 3. The van der Waals surface area contributed by atoms with Crippen LogP contribution in [0.25, 0.3) is 0 Å². The fourth-order valence-corrected chi connectivity index (χ4v) is 1.49. The van der Waals surface area contributed by atoms with Crippen molar-refractivity contribution < 1.29 is 13.9 Å². The third-order valence-corrected chi connectivity index (χ3v) is 2.46. The summed E-state index contributed by atoms with van der Waals surface area (Å²) in [6.45, 7) is 3.05. The molecule has 0 unspecified atom stereocenters. The smallest absolute Gasteiger partial charge is 0.233 e. The summed E-state index contributed by atoms with van der Waals surface area (Å²) in [7, 11) is 0. The van der Waals surface area contributed by atoms with E-state index in [9.17, 15) is 4.79 Å². The summed E-state index contributed by atoms with van der Waals surface area (Å²) in [6, 6.07) is 8.80. The van der Waals surface area contributed by atoms with E-state index in [2.05, 4.69) is 11.8 Å². The molecular formula is C16H13O3. The van der Waals surface area contributed by atoms with Gasteiger partial charge in [0.1, 0.15) is 18.6 Å². The Kier molecular flexibility index (Phi) is 4.54. The van der Waals surface area contributed by atoms with E-state index in [0.29, 0.717) is 18.8 Å². The van der Waals surface area contributed by atoms with Gasteiger partial charge in [-0.15, -0.1) is 0 Å². The summed E-state index contributed by atoms with van der Waals surface area (Å²) in [5, 5.41) is 0. The van der Waals surface area contributed by atoms with Crippen molar-refractivity contribution in [3.63, 3.8) is 0 Å². The molecule has 19 heavy (non-hydrogen) atoms. The first-order chi connectivity index (χ1) is 9.31. The predicted octanol–water partition coefficient (Wildman–Crippen LogP) is 2.67. The maximum Gasteiger partial charge on any atom is 0.233 e. The molecule has 0 atom stereocenters. The molecule has 3 nitrogen and oxygen atoms in total. The van der Waals surface area contributed by atoms with Gasteiger partial charge in [-0.2, -0.15) is 0 Å². The first-order valence-electron chi connectivity index (χ1n) is 5.97. The molecule has 1 aromatic heterocycles. The minimum absolute atomic E-state index is 0.460. The second-order valence-electron chi connectivity index (χ2n) is 3.87. The van der Waals surface area contributed by atoms with Gasteiger partial charge in [-0.25, -0.2) is 0 Å². The average molecular weight is 253 g/mol. The summed E-state index contributed by atoms with van der Waals surface area (Å²) in [4.78, 5) is 10.4. The van der Waals surface area contributed by atoms with Crippen LogP contribution in [0.3, 0.4) is 0 Å². The van der Waals surface area contributed by atoms with E-state index in [-0.39, 0.29) is 0 Å². The fourth-order valence-electron chi connectivity index (χ4n) is 1.49. The highest BCUT2D eigenvalue weighted by atomic mass is 16.5. The van der Waals surface area contributed by atoms with Crippen LogP contribution in [0.4, 0.5) is 0 Å². The SMILES string of the molecule is CCOCc1cc(C#Cc2ccc([C]=O)cc2)co1. The van der Waals surface area contributed by atoms with Crippen molar-refractivity contribution in [3.05, 3.63) is 59.0 Å². The minimum Gasteiger partial charge on any atom is -0.466 e. The number of carbonyl (C=O) groups excluding carboxylic acids is 1. The Morgan fingerprint density at radius 1 is 1.11 bits per heavy atom. The van der Waals surface area contributed by atoms with Gasteiger partial charge < -0.3 is 9.15 Å². The van der Waals surface area contributed by atoms with Crippen LogP contribution in [0.2, 0.25) is 0 Å². The topological polar surface area (TPSA) is 39.4 Å². The van der Waals surface area contributed by atoms with Crippen LogP contribution in [0, 0.1) is 11.8 Å². The Balaban J connectivity index is 2.05. The lowest BCUT2D eigenvalue weighted by atomic mass is 10.1. The maximum atomic E-state index is 10.4. The van der Waals surface area contributed by atoms with E-state index in [0.717, 1.165) is 16.9 Å². The van der Waals surface area contributed by atoms with Crippen molar-refractivity contribution >= 4 is 6.29 Å². The van der Waals surface area contributed by atoms with Crippen LogP contribution in [0.15, 0.2) is 41.0 Å². The molecule has 0 aliphatic rings. The van der Waals surface area contributed by atoms with Crippen LogP contribution >= 0.6 is 0 Å². The highest BCUT2D eigenvalue weighted by Gasteiger charge is 1.99. The molecule has 1 heterocycles. The van der Waals surface area contributed by atoms with E-state index in [1.165, 1.54) is 0 Å². The first kappa shape index (κ1) is 13.1. The van der Waals surface area contributed by atoms with E-state index < -0.39 is 0 Å². The highest BCUT2D eigenvalue weighted by molar-refractivity contribution is 5.75. The van der Waals surface area contributed by atoms with Crippen molar-refractivity contribution in [2.45, 2.75) is 13.5 Å². The van der Waals surface area contributed by atoms with Gasteiger partial charge in [0.25, 0.3) is 0 Å². The number of furan rings is 1. The minimum atomic E-state index is 0.460. The van der Waals surface area contributed by atoms with Gasteiger partial charge in [-0.1, -0.05) is 11.8 Å². The second kappa shape index (κ2) is 6.58. The van der Waals surface area contributed by atoms with Crippen LogP contribution in [0.1, 0.15) is 29.4 Å². The molecule has 0 fully saturated rings. The summed E-state index contributed by atoms with van der Waals surface area (Å²) < 4.78 is 10.6. The fraction of sp³-hybridized carbons (Fsp3) is 0.188. The molecule has 0 aliphatic carbocycles. The van der Waals surface area contributed by atoms with Crippen LogP contribution < -0.4 is 0 Å². The number of benzene rings is 1. The van der Waals surface area contributed by atoms with Crippen LogP contribution in [-0.2, 0) is 16.1 Å². The molecule has 0 amide bonds. The van der Waals surface area contributed by atoms with Crippen LogP contribution in [0.5, 0.6) is 0 Å². The van der Waals surface area contributed by atoms with Gasteiger partial charge >= 0.3 is 0 Å². The molecule has 2 rings (SSSR count). The van der Waals surface area contributed by atoms with Crippen molar-refractivity contribution in [3.8, 4) is 11.8 Å². The van der Waals surface area contributed by atoms with Gasteiger partial charge in [0, 0.05) is 17.7 Å². The molecule has 1 aromatic carbocycles. The van der Waals surface area contributed by atoms with Crippen molar-refractivity contribution in [2.75, 3.05) is 6.61 Å². The summed E-state index contributed by atoms with van der Waals surface area (Å²) in [5.41, 5.74) is 2.17. The van der Waals surface area contributed by atoms with Gasteiger partial charge in [0.05, 0.1) is 5.56 Å². The Morgan fingerprint density at radius 3 is 2.47 bits per heavy atom. The van der Waals surface area contributed by atoms with Crippen molar-refractivity contribution in [1.82, 2.24) is 0 Å². The first-order valence-corrected chi connectivity index (χ1v) is 5.97.